The highest BCUT2D eigenvalue weighted by Crippen LogP contribution is 2.28. The van der Waals surface area contributed by atoms with Crippen molar-refractivity contribution in [1.82, 2.24) is 10.0 Å². The van der Waals surface area contributed by atoms with Crippen LogP contribution in [0.5, 0.6) is 0 Å². The number of rotatable bonds is 7. The van der Waals surface area contributed by atoms with Gasteiger partial charge in [-0.05, 0) is 18.3 Å². The van der Waals surface area contributed by atoms with E-state index in [9.17, 15) is 10.1 Å². The van der Waals surface area contributed by atoms with Gasteiger partial charge in [0.2, 0.25) is 0 Å². The maximum absolute atomic E-state index is 11.0. The van der Waals surface area contributed by atoms with Crippen molar-refractivity contribution in [2.75, 3.05) is 6.54 Å². The highest BCUT2D eigenvalue weighted by molar-refractivity contribution is 5.55. The summed E-state index contributed by atoms with van der Waals surface area (Å²) in [6.07, 6.45) is 6.41. The topological polar surface area (TPSA) is 62.0 Å². The summed E-state index contributed by atoms with van der Waals surface area (Å²) in [5.41, 5.74) is 0.0360. The molecule has 110 valence electrons. The molecule has 0 N–H and O–H groups in total. The minimum Gasteiger partial charge on any atom is -0.267 e. The quantitative estimate of drug-likeness (QED) is 0.405. The Balaban J connectivity index is 2.58. The third-order valence-electron chi connectivity index (χ3n) is 3.19. The summed E-state index contributed by atoms with van der Waals surface area (Å²) in [5.74, 6) is 0. The standard InChI is InChI=1S/C13H26N4O2/c1-5-6-7-8-9-15-12(10-13(2,3)4)16(11-14-15)17(18)19/h11-12H,5-10H2,1-4H3. The maximum Gasteiger partial charge on any atom is 0.183 e. The van der Waals surface area contributed by atoms with Crippen molar-refractivity contribution in [2.24, 2.45) is 10.5 Å². The van der Waals surface area contributed by atoms with Gasteiger partial charge in [-0.1, -0.05) is 52.0 Å². The van der Waals surface area contributed by atoms with Crippen LogP contribution in [-0.2, 0) is 0 Å². The minimum absolute atomic E-state index is 0.0360. The summed E-state index contributed by atoms with van der Waals surface area (Å²) in [7, 11) is 0. The first kappa shape index (κ1) is 15.7. The Kier molecular flexibility index (Phi) is 5.57. The lowest BCUT2D eigenvalue weighted by atomic mass is 9.90. The molecule has 0 saturated carbocycles. The van der Waals surface area contributed by atoms with E-state index in [4.69, 9.17) is 0 Å². The van der Waals surface area contributed by atoms with Gasteiger partial charge in [0.1, 0.15) is 0 Å². The van der Waals surface area contributed by atoms with E-state index >= 15 is 0 Å². The van der Waals surface area contributed by atoms with Crippen LogP contribution >= 0.6 is 0 Å². The van der Waals surface area contributed by atoms with E-state index in [-0.39, 0.29) is 16.6 Å². The van der Waals surface area contributed by atoms with Crippen LogP contribution in [0.4, 0.5) is 0 Å². The Morgan fingerprint density at radius 1 is 1.32 bits per heavy atom. The average molecular weight is 270 g/mol. The lowest BCUT2D eigenvalue weighted by molar-refractivity contribution is -0.639. The predicted molar refractivity (Wildman–Crippen MR) is 76.0 cm³/mol. The molecule has 0 aromatic rings. The fourth-order valence-electron chi connectivity index (χ4n) is 2.21. The van der Waals surface area contributed by atoms with Crippen molar-refractivity contribution in [3.63, 3.8) is 0 Å². The number of unbranched alkanes of at least 4 members (excludes halogenated alkanes) is 3. The number of hydrogen-bond donors (Lipinski definition) is 0. The summed E-state index contributed by atoms with van der Waals surface area (Å²) in [4.78, 5) is 11.0. The number of nitrogens with zero attached hydrogens (tertiary/aromatic N) is 4. The van der Waals surface area contributed by atoms with Gasteiger partial charge in [-0.3, -0.25) is 5.01 Å². The molecule has 0 bridgehead atoms. The van der Waals surface area contributed by atoms with Crippen molar-refractivity contribution < 1.29 is 5.03 Å². The Hall–Kier alpha value is -1.33. The number of nitro groups is 1. The normalized spacial score (nSPS) is 19.3. The molecular weight excluding hydrogens is 244 g/mol. The van der Waals surface area contributed by atoms with Crippen molar-refractivity contribution in [3.05, 3.63) is 10.1 Å². The highest BCUT2D eigenvalue weighted by atomic mass is 16.7. The molecule has 1 heterocycles. The zero-order valence-electron chi connectivity index (χ0n) is 12.5. The van der Waals surface area contributed by atoms with E-state index < -0.39 is 0 Å². The molecule has 19 heavy (non-hydrogen) atoms. The second-order valence-corrected chi connectivity index (χ2v) is 6.32. The van der Waals surface area contributed by atoms with Crippen LogP contribution in [-0.4, -0.2) is 34.1 Å². The molecule has 1 atom stereocenters. The van der Waals surface area contributed by atoms with E-state index in [1.807, 2.05) is 5.01 Å². The molecule has 1 rings (SSSR count). The van der Waals surface area contributed by atoms with E-state index in [0.29, 0.717) is 0 Å². The van der Waals surface area contributed by atoms with Crippen LogP contribution < -0.4 is 0 Å². The number of hydrazone groups is 1. The molecule has 0 aromatic carbocycles. The summed E-state index contributed by atoms with van der Waals surface area (Å²) >= 11 is 0. The molecule has 0 radical (unpaired) electrons. The van der Waals surface area contributed by atoms with Gasteiger partial charge in [0.25, 0.3) is 0 Å². The van der Waals surface area contributed by atoms with Gasteiger partial charge < -0.3 is 0 Å². The Bertz CT molecular complexity index is 325. The molecule has 1 aliphatic heterocycles. The van der Waals surface area contributed by atoms with Crippen molar-refractivity contribution in [2.45, 2.75) is 66.0 Å². The summed E-state index contributed by atoms with van der Waals surface area (Å²) in [5, 5.41) is 17.9. The molecule has 0 spiro atoms. The second-order valence-electron chi connectivity index (χ2n) is 6.32. The minimum atomic E-state index is -0.369. The number of hydrogen-bond acceptors (Lipinski definition) is 4. The largest absolute Gasteiger partial charge is 0.267 e. The molecule has 0 aromatic heterocycles. The SMILES string of the molecule is CCCCCCN1N=CN([N+](=O)[O-])C1CC(C)(C)C. The van der Waals surface area contributed by atoms with Crippen LogP contribution in [0, 0.1) is 15.5 Å². The van der Waals surface area contributed by atoms with Gasteiger partial charge in [0.15, 0.2) is 17.5 Å². The molecular formula is C13H26N4O2. The Morgan fingerprint density at radius 2 is 2.00 bits per heavy atom. The van der Waals surface area contributed by atoms with Crippen LogP contribution in [0.25, 0.3) is 0 Å². The molecule has 6 nitrogen and oxygen atoms in total. The Labute approximate surface area is 115 Å². The van der Waals surface area contributed by atoms with E-state index in [1.165, 1.54) is 19.2 Å². The molecule has 0 amide bonds. The molecule has 1 unspecified atom stereocenters. The highest BCUT2D eigenvalue weighted by Gasteiger charge is 2.38. The maximum atomic E-state index is 11.0. The van der Waals surface area contributed by atoms with Gasteiger partial charge in [0.05, 0.1) is 0 Å². The predicted octanol–water partition coefficient (Wildman–Crippen LogP) is 3.08. The molecule has 0 fully saturated rings. The first-order valence-electron chi connectivity index (χ1n) is 7.08. The van der Waals surface area contributed by atoms with E-state index in [0.717, 1.165) is 30.8 Å². The fourth-order valence-corrected chi connectivity index (χ4v) is 2.21. The van der Waals surface area contributed by atoms with Gasteiger partial charge in [-0.2, -0.15) is 5.10 Å². The van der Waals surface area contributed by atoms with Crippen LogP contribution in [0.3, 0.4) is 0 Å². The average Bonchev–Trinajstić information content (AvgIpc) is 2.65. The third kappa shape index (κ3) is 5.04. The smallest absolute Gasteiger partial charge is 0.183 e. The van der Waals surface area contributed by atoms with Gasteiger partial charge >= 0.3 is 0 Å². The first-order valence-corrected chi connectivity index (χ1v) is 7.08. The summed E-state index contributed by atoms with van der Waals surface area (Å²) in [6.45, 7) is 9.25. The zero-order valence-corrected chi connectivity index (χ0v) is 12.5. The molecule has 0 aliphatic carbocycles. The Morgan fingerprint density at radius 3 is 2.53 bits per heavy atom. The van der Waals surface area contributed by atoms with Crippen LogP contribution in [0.1, 0.15) is 59.8 Å². The number of hydrazine groups is 1. The van der Waals surface area contributed by atoms with Gasteiger partial charge in [0, 0.05) is 6.54 Å². The van der Waals surface area contributed by atoms with Gasteiger partial charge in [-0.15, -0.1) is 0 Å². The molecule has 6 heteroatoms. The van der Waals surface area contributed by atoms with Crippen molar-refractivity contribution >= 4 is 6.34 Å². The summed E-state index contributed by atoms with van der Waals surface area (Å²) < 4.78 is 0. The monoisotopic (exact) mass is 270 g/mol. The lowest BCUT2D eigenvalue weighted by Gasteiger charge is -2.30. The van der Waals surface area contributed by atoms with E-state index in [2.05, 4.69) is 32.8 Å². The van der Waals surface area contributed by atoms with Gasteiger partial charge in [-0.25, -0.2) is 10.1 Å². The molecule has 0 saturated heterocycles. The van der Waals surface area contributed by atoms with Crippen LogP contribution in [0.15, 0.2) is 5.10 Å². The zero-order chi connectivity index (χ0) is 14.5. The van der Waals surface area contributed by atoms with Crippen molar-refractivity contribution in [3.8, 4) is 0 Å². The van der Waals surface area contributed by atoms with E-state index in [1.54, 1.807) is 0 Å². The molecule has 1 aliphatic rings. The third-order valence-corrected chi connectivity index (χ3v) is 3.19. The van der Waals surface area contributed by atoms with Crippen molar-refractivity contribution in [1.29, 1.82) is 0 Å². The first-order chi connectivity index (χ1) is 8.85. The lowest BCUT2D eigenvalue weighted by Crippen LogP contribution is -2.45. The fraction of sp³-hybridized carbons (Fsp3) is 0.923. The van der Waals surface area contributed by atoms with Crippen LogP contribution in [0.2, 0.25) is 0 Å². The second kappa shape index (κ2) is 6.73. The summed E-state index contributed by atoms with van der Waals surface area (Å²) in [6, 6.07) is 0.